The number of furan rings is 1. The van der Waals surface area contributed by atoms with E-state index in [1.54, 1.807) is 6.20 Å². The average Bonchev–Trinajstić information content (AvgIpc) is 2.87. The van der Waals surface area contributed by atoms with Crippen LogP contribution in [0.25, 0.3) is 0 Å². The summed E-state index contributed by atoms with van der Waals surface area (Å²) in [7, 11) is 3.36. The highest BCUT2D eigenvalue weighted by Gasteiger charge is 2.19. The van der Waals surface area contributed by atoms with Crippen LogP contribution in [0.5, 0.6) is 0 Å². The van der Waals surface area contributed by atoms with E-state index in [9.17, 15) is 4.79 Å². The summed E-state index contributed by atoms with van der Waals surface area (Å²) in [5, 5.41) is 0. The molecule has 2 aromatic rings. The number of aryl methyl sites for hydroxylation is 1. The summed E-state index contributed by atoms with van der Waals surface area (Å²) in [6.07, 6.45) is 3.61. The van der Waals surface area contributed by atoms with Crippen molar-refractivity contribution in [3.63, 3.8) is 0 Å². The fourth-order valence-electron chi connectivity index (χ4n) is 2.18. The van der Waals surface area contributed by atoms with Gasteiger partial charge in [0.05, 0.1) is 13.7 Å². The van der Waals surface area contributed by atoms with Gasteiger partial charge in [-0.05, 0) is 38.6 Å². The fourth-order valence-corrected chi connectivity index (χ4v) is 2.18. The second-order valence-corrected chi connectivity index (χ2v) is 5.09. The number of ether oxygens (including phenoxy) is 1. The van der Waals surface area contributed by atoms with Gasteiger partial charge in [-0.25, -0.2) is 4.79 Å². The average molecular weight is 288 g/mol. The molecule has 0 radical (unpaired) electrons. The van der Waals surface area contributed by atoms with Crippen molar-refractivity contribution in [3.8, 4) is 0 Å². The third kappa shape index (κ3) is 3.49. The number of hydrogen-bond acceptors (Lipinski definition) is 5. The highest BCUT2D eigenvalue weighted by Crippen LogP contribution is 2.22. The van der Waals surface area contributed by atoms with E-state index in [4.69, 9.17) is 9.15 Å². The van der Waals surface area contributed by atoms with E-state index in [1.807, 2.05) is 38.4 Å². The summed E-state index contributed by atoms with van der Waals surface area (Å²) in [4.78, 5) is 17.8. The molecule has 5 nitrogen and oxygen atoms in total. The minimum Gasteiger partial charge on any atom is -0.463 e. The predicted molar refractivity (Wildman–Crippen MR) is 78.9 cm³/mol. The summed E-state index contributed by atoms with van der Waals surface area (Å²) in [6.45, 7) is 4.55. The van der Waals surface area contributed by atoms with Crippen LogP contribution in [0.15, 0.2) is 35.0 Å². The van der Waals surface area contributed by atoms with Gasteiger partial charge in [0.25, 0.3) is 0 Å². The van der Waals surface area contributed by atoms with Crippen molar-refractivity contribution in [1.82, 2.24) is 9.88 Å². The van der Waals surface area contributed by atoms with Crippen LogP contribution < -0.4 is 0 Å². The van der Waals surface area contributed by atoms with E-state index in [0.29, 0.717) is 6.54 Å². The molecule has 0 saturated heterocycles. The van der Waals surface area contributed by atoms with Gasteiger partial charge in [0, 0.05) is 24.0 Å². The summed E-state index contributed by atoms with van der Waals surface area (Å²) in [6, 6.07) is 6.04. The van der Waals surface area contributed by atoms with E-state index >= 15 is 0 Å². The van der Waals surface area contributed by atoms with Crippen LogP contribution in [0.2, 0.25) is 0 Å². The van der Waals surface area contributed by atoms with Crippen LogP contribution in [0, 0.1) is 6.92 Å². The number of aromatic nitrogens is 1. The molecule has 2 aromatic heterocycles. The maximum Gasteiger partial charge on any atom is 0.374 e. The van der Waals surface area contributed by atoms with Crippen molar-refractivity contribution in [2.24, 2.45) is 0 Å². The Balaban J connectivity index is 2.09. The van der Waals surface area contributed by atoms with Gasteiger partial charge < -0.3 is 9.15 Å². The largest absolute Gasteiger partial charge is 0.463 e. The lowest BCUT2D eigenvalue weighted by Gasteiger charge is -2.23. The number of nitrogens with zero attached hydrogens (tertiary/aromatic N) is 2. The van der Waals surface area contributed by atoms with Crippen LogP contribution in [0.1, 0.15) is 40.4 Å². The van der Waals surface area contributed by atoms with E-state index in [-0.39, 0.29) is 11.8 Å². The quantitative estimate of drug-likeness (QED) is 0.792. The van der Waals surface area contributed by atoms with Crippen LogP contribution in [-0.4, -0.2) is 30.0 Å². The molecule has 2 heterocycles. The molecule has 0 aromatic carbocycles. The summed E-state index contributed by atoms with van der Waals surface area (Å²) in [5.41, 5.74) is 1.93. The molecule has 0 saturated carbocycles. The molecule has 0 aliphatic heterocycles. The summed E-state index contributed by atoms with van der Waals surface area (Å²) in [5.74, 6) is 0.572. The molecule has 0 unspecified atom stereocenters. The third-order valence-electron chi connectivity index (χ3n) is 3.57. The molecule has 0 N–H and O–H groups in total. The Bertz CT molecular complexity index is 607. The Labute approximate surface area is 124 Å². The second kappa shape index (κ2) is 6.54. The molecule has 0 spiro atoms. The SMILES string of the molecule is COC(=O)c1oc(CN(C)[C@H](C)c2cccnc2)cc1C. The normalized spacial score (nSPS) is 12.4. The van der Waals surface area contributed by atoms with Crippen molar-refractivity contribution in [2.75, 3.05) is 14.2 Å². The van der Waals surface area contributed by atoms with Crippen LogP contribution in [0.3, 0.4) is 0 Å². The zero-order valence-electron chi connectivity index (χ0n) is 12.8. The minimum absolute atomic E-state index is 0.200. The van der Waals surface area contributed by atoms with Gasteiger partial charge in [0.1, 0.15) is 5.76 Å². The van der Waals surface area contributed by atoms with Gasteiger partial charge in [-0.1, -0.05) is 6.07 Å². The first-order chi connectivity index (χ1) is 10.0. The van der Waals surface area contributed by atoms with Gasteiger partial charge >= 0.3 is 5.97 Å². The highest BCUT2D eigenvalue weighted by atomic mass is 16.5. The molecule has 5 heteroatoms. The monoisotopic (exact) mass is 288 g/mol. The van der Waals surface area contributed by atoms with Gasteiger partial charge in [0.15, 0.2) is 0 Å². The number of methoxy groups -OCH3 is 1. The molecular formula is C16H20N2O3. The first-order valence-electron chi connectivity index (χ1n) is 6.80. The standard InChI is InChI=1S/C16H20N2O3/c1-11-8-14(21-15(11)16(19)20-4)10-18(3)12(2)13-6-5-7-17-9-13/h5-9,12H,10H2,1-4H3/t12-/m1/s1. The number of esters is 1. The van der Waals surface area contributed by atoms with E-state index in [0.717, 1.165) is 16.9 Å². The maximum absolute atomic E-state index is 11.6. The van der Waals surface area contributed by atoms with Crippen molar-refractivity contribution >= 4 is 5.97 Å². The lowest BCUT2D eigenvalue weighted by Crippen LogP contribution is -2.21. The Morgan fingerprint density at radius 3 is 2.90 bits per heavy atom. The van der Waals surface area contributed by atoms with Crippen molar-refractivity contribution < 1.29 is 13.9 Å². The smallest absolute Gasteiger partial charge is 0.374 e. The molecule has 1 atom stereocenters. The molecule has 112 valence electrons. The first kappa shape index (κ1) is 15.3. The Morgan fingerprint density at radius 1 is 1.52 bits per heavy atom. The predicted octanol–water partition coefficient (Wildman–Crippen LogP) is 2.96. The molecule has 0 fully saturated rings. The maximum atomic E-state index is 11.6. The van der Waals surface area contributed by atoms with Gasteiger partial charge in [-0.3, -0.25) is 9.88 Å². The number of carbonyl (C=O) groups excluding carboxylic acids is 1. The first-order valence-corrected chi connectivity index (χ1v) is 6.80. The number of carbonyl (C=O) groups is 1. The molecule has 0 aliphatic carbocycles. The second-order valence-electron chi connectivity index (χ2n) is 5.09. The molecule has 0 aliphatic rings. The number of rotatable bonds is 5. The number of pyridine rings is 1. The highest BCUT2D eigenvalue weighted by molar-refractivity contribution is 5.87. The lowest BCUT2D eigenvalue weighted by atomic mass is 10.1. The Morgan fingerprint density at radius 2 is 2.29 bits per heavy atom. The summed E-state index contributed by atoms with van der Waals surface area (Å²) < 4.78 is 10.3. The van der Waals surface area contributed by atoms with Gasteiger partial charge in [-0.15, -0.1) is 0 Å². The molecule has 0 bridgehead atoms. The van der Waals surface area contributed by atoms with E-state index in [2.05, 4.69) is 16.8 Å². The summed E-state index contributed by atoms with van der Waals surface area (Å²) >= 11 is 0. The van der Waals surface area contributed by atoms with Crippen molar-refractivity contribution in [1.29, 1.82) is 0 Å². The molecule has 2 rings (SSSR count). The zero-order valence-corrected chi connectivity index (χ0v) is 12.8. The van der Waals surface area contributed by atoms with E-state index < -0.39 is 5.97 Å². The molecule has 0 amide bonds. The third-order valence-corrected chi connectivity index (χ3v) is 3.57. The van der Waals surface area contributed by atoms with Crippen molar-refractivity contribution in [3.05, 3.63) is 53.2 Å². The van der Waals surface area contributed by atoms with E-state index in [1.165, 1.54) is 7.11 Å². The molecule has 21 heavy (non-hydrogen) atoms. The Kier molecular flexibility index (Phi) is 4.75. The van der Waals surface area contributed by atoms with Crippen molar-refractivity contribution in [2.45, 2.75) is 26.4 Å². The number of hydrogen-bond donors (Lipinski definition) is 0. The minimum atomic E-state index is -0.443. The lowest BCUT2D eigenvalue weighted by molar-refractivity contribution is 0.0560. The fraction of sp³-hybridized carbons (Fsp3) is 0.375. The van der Waals surface area contributed by atoms with Gasteiger partial charge in [-0.2, -0.15) is 0 Å². The topological polar surface area (TPSA) is 55.6 Å². The van der Waals surface area contributed by atoms with Crippen LogP contribution in [-0.2, 0) is 11.3 Å². The van der Waals surface area contributed by atoms with Crippen LogP contribution in [0.4, 0.5) is 0 Å². The zero-order chi connectivity index (χ0) is 15.4. The van der Waals surface area contributed by atoms with Gasteiger partial charge in [0.2, 0.25) is 5.76 Å². The Hall–Kier alpha value is -2.14. The molecular weight excluding hydrogens is 268 g/mol. The van der Waals surface area contributed by atoms with Crippen LogP contribution >= 0.6 is 0 Å².